The van der Waals surface area contributed by atoms with Crippen molar-refractivity contribution in [3.63, 3.8) is 0 Å². The number of nitrogens with one attached hydrogen (secondary N) is 1. The van der Waals surface area contributed by atoms with Crippen LogP contribution < -0.4 is 5.32 Å². The van der Waals surface area contributed by atoms with Gasteiger partial charge in [-0.3, -0.25) is 9.59 Å². The van der Waals surface area contributed by atoms with Gasteiger partial charge in [0.15, 0.2) is 0 Å². The number of halogens is 2. The van der Waals surface area contributed by atoms with Crippen molar-refractivity contribution in [3.8, 4) is 0 Å². The highest BCUT2D eigenvalue weighted by Gasteiger charge is 2.31. The Morgan fingerprint density at radius 3 is 2.18 bits per heavy atom. The van der Waals surface area contributed by atoms with Gasteiger partial charge < -0.3 is 10.2 Å². The number of carbonyl (C=O) groups excluding carboxylic acids is 2. The van der Waals surface area contributed by atoms with Crippen molar-refractivity contribution < 1.29 is 14.0 Å². The third kappa shape index (κ3) is 7.16. The molecule has 0 unspecified atom stereocenters. The lowest BCUT2D eigenvalue weighted by Crippen LogP contribution is -2.51. The maximum Gasteiger partial charge on any atom is 0.243 e. The van der Waals surface area contributed by atoms with Crippen LogP contribution in [0, 0.1) is 11.7 Å². The van der Waals surface area contributed by atoms with Crippen LogP contribution in [0.3, 0.4) is 0 Å². The first-order valence-corrected chi connectivity index (χ1v) is 11.8. The quantitative estimate of drug-likeness (QED) is 0.420. The Hall–Kier alpha value is -3.18. The Kier molecular flexibility index (Phi) is 9.23. The molecule has 0 saturated carbocycles. The SMILES string of the molecule is CC(C)CNC(=O)[C@@H](Cc1ccccc1)N(Cc1ccccc1Cl)C(=O)Cc1ccccc1F. The average Bonchev–Trinajstić information content (AvgIpc) is 2.83. The van der Waals surface area contributed by atoms with Gasteiger partial charge in [0.2, 0.25) is 11.8 Å². The zero-order chi connectivity index (χ0) is 24.5. The lowest BCUT2D eigenvalue weighted by Gasteiger charge is -2.32. The summed E-state index contributed by atoms with van der Waals surface area (Å²) in [7, 11) is 0. The van der Waals surface area contributed by atoms with Gasteiger partial charge in [-0.25, -0.2) is 4.39 Å². The maximum absolute atomic E-state index is 14.3. The smallest absolute Gasteiger partial charge is 0.243 e. The Morgan fingerprint density at radius 1 is 0.912 bits per heavy atom. The summed E-state index contributed by atoms with van der Waals surface area (Å²) in [6, 6.07) is 22.2. The number of hydrogen-bond donors (Lipinski definition) is 1. The van der Waals surface area contributed by atoms with Crippen molar-refractivity contribution >= 4 is 23.4 Å². The van der Waals surface area contributed by atoms with Gasteiger partial charge in [0.05, 0.1) is 6.42 Å². The van der Waals surface area contributed by atoms with E-state index in [0.29, 0.717) is 18.0 Å². The molecule has 3 rings (SSSR count). The average molecular weight is 481 g/mol. The molecule has 3 aromatic rings. The van der Waals surface area contributed by atoms with Crippen LogP contribution in [0.15, 0.2) is 78.9 Å². The van der Waals surface area contributed by atoms with E-state index in [2.05, 4.69) is 5.32 Å². The Morgan fingerprint density at radius 2 is 1.53 bits per heavy atom. The standard InChI is InChI=1S/C28H30ClFN2O2/c1-20(2)18-31-28(34)26(16-21-10-4-3-5-11-21)32(19-23-13-6-8-14-24(23)29)27(33)17-22-12-7-9-15-25(22)30/h3-15,20,26H,16-19H2,1-2H3,(H,31,34)/t26-/m1/s1. The largest absolute Gasteiger partial charge is 0.354 e. The molecule has 0 aromatic heterocycles. The zero-order valence-corrected chi connectivity index (χ0v) is 20.3. The van der Waals surface area contributed by atoms with Gasteiger partial charge in [0.1, 0.15) is 11.9 Å². The lowest BCUT2D eigenvalue weighted by molar-refractivity contribution is -0.140. The summed E-state index contributed by atoms with van der Waals surface area (Å²) in [5.74, 6) is -0.776. The molecule has 0 heterocycles. The molecule has 1 atom stereocenters. The molecule has 6 heteroatoms. The normalized spacial score (nSPS) is 11.8. The molecule has 0 spiro atoms. The molecule has 0 aliphatic heterocycles. The topological polar surface area (TPSA) is 49.4 Å². The number of rotatable bonds is 10. The Bertz CT molecular complexity index is 1100. The fraction of sp³-hybridized carbons (Fsp3) is 0.286. The predicted octanol–water partition coefficient (Wildman–Crippen LogP) is 5.43. The van der Waals surface area contributed by atoms with Crippen LogP contribution in [0.5, 0.6) is 0 Å². The van der Waals surface area contributed by atoms with Gasteiger partial charge in [0, 0.05) is 24.5 Å². The number of hydrogen-bond acceptors (Lipinski definition) is 2. The number of amides is 2. The van der Waals surface area contributed by atoms with Crippen molar-refractivity contribution in [2.24, 2.45) is 5.92 Å². The highest BCUT2D eigenvalue weighted by molar-refractivity contribution is 6.31. The first-order valence-electron chi connectivity index (χ1n) is 11.4. The molecule has 0 saturated heterocycles. The van der Waals surface area contributed by atoms with Crippen LogP contribution in [0.25, 0.3) is 0 Å². The monoisotopic (exact) mass is 480 g/mol. The van der Waals surface area contributed by atoms with Gasteiger partial charge in [-0.2, -0.15) is 0 Å². The van der Waals surface area contributed by atoms with Crippen molar-refractivity contribution in [1.29, 1.82) is 0 Å². The van der Waals surface area contributed by atoms with Gasteiger partial charge in [-0.05, 0) is 34.7 Å². The minimum absolute atomic E-state index is 0.138. The highest BCUT2D eigenvalue weighted by Crippen LogP contribution is 2.22. The summed E-state index contributed by atoms with van der Waals surface area (Å²) >= 11 is 6.41. The van der Waals surface area contributed by atoms with Crippen LogP contribution >= 0.6 is 11.6 Å². The molecular formula is C28H30ClFN2O2. The zero-order valence-electron chi connectivity index (χ0n) is 19.5. The number of benzene rings is 3. The second kappa shape index (κ2) is 12.3. The first-order chi connectivity index (χ1) is 16.3. The summed E-state index contributed by atoms with van der Waals surface area (Å²) in [4.78, 5) is 28.5. The van der Waals surface area contributed by atoms with E-state index in [1.54, 1.807) is 24.3 Å². The lowest BCUT2D eigenvalue weighted by atomic mass is 10.0. The number of nitrogens with zero attached hydrogens (tertiary/aromatic N) is 1. The molecule has 0 bridgehead atoms. The molecule has 34 heavy (non-hydrogen) atoms. The fourth-order valence-corrected chi connectivity index (χ4v) is 3.89. The van der Waals surface area contributed by atoms with E-state index in [4.69, 9.17) is 11.6 Å². The van der Waals surface area contributed by atoms with Crippen molar-refractivity contribution in [2.75, 3.05) is 6.54 Å². The summed E-state index contributed by atoms with van der Waals surface area (Å²) < 4.78 is 14.3. The minimum Gasteiger partial charge on any atom is -0.354 e. The Balaban J connectivity index is 1.98. The van der Waals surface area contributed by atoms with Gasteiger partial charge in [-0.15, -0.1) is 0 Å². The highest BCUT2D eigenvalue weighted by atomic mass is 35.5. The van der Waals surface area contributed by atoms with Crippen molar-refractivity contribution in [1.82, 2.24) is 10.2 Å². The predicted molar refractivity (Wildman–Crippen MR) is 134 cm³/mol. The van der Waals surface area contributed by atoms with E-state index in [-0.39, 0.29) is 36.3 Å². The second-order valence-corrected chi connectivity index (χ2v) is 9.13. The van der Waals surface area contributed by atoms with Gasteiger partial charge in [-0.1, -0.05) is 92.2 Å². The van der Waals surface area contributed by atoms with Crippen molar-refractivity contribution in [2.45, 2.75) is 39.3 Å². The van der Waals surface area contributed by atoms with E-state index in [1.165, 1.54) is 11.0 Å². The third-order valence-corrected chi connectivity index (χ3v) is 5.92. The van der Waals surface area contributed by atoms with Crippen LogP contribution in [-0.2, 0) is 29.0 Å². The van der Waals surface area contributed by atoms with Crippen LogP contribution in [0.1, 0.15) is 30.5 Å². The molecule has 3 aromatic carbocycles. The first kappa shape index (κ1) is 25.4. The van der Waals surface area contributed by atoms with E-state index < -0.39 is 11.9 Å². The number of carbonyl (C=O) groups is 2. The van der Waals surface area contributed by atoms with Crippen molar-refractivity contribution in [3.05, 3.63) is 106 Å². The van der Waals surface area contributed by atoms with E-state index >= 15 is 0 Å². The Labute approximate surface area is 205 Å². The van der Waals surface area contributed by atoms with Crippen LogP contribution in [0.2, 0.25) is 5.02 Å². The maximum atomic E-state index is 14.3. The molecule has 0 aliphatic rings. The van der Waals surface area contributed by atoms with E-state index in [0.717, 1.165) is 11.1 Å². The third-order valence-electron chi connectivity index (χ3n) is 5.55. The summed E-state index contributed by atoms with van der Waals surface area (Å²) in [5.41, 5.74) is 1.94. The second-order valence-electron chi connectivity index (χ2n) is 8.73. The van der Waals surface area contributed by atoms with Crippen LogP contribution in [-0.4, -0.2) is 29.3 Å². The summed E-state index contributed by atoms with van der Waals surface area (Å²) in [5, 5.41) is 3.48. The fourth-order valence-electron chi connectivity index (χ4n) is 3.69. The van der Waals surface area contributed by atoms with E-state index in [1.807, 2.05) is 62.4 Å². The molecule has 178 valence electrons. The van der Waals surface area contributed by atoms with Crippen LogP contribution in [0.4, 0.5) is 4.39 Å². The van der Waals surface area contributed by atoms with Gasteiger partial charge in [0.25, 0.3) is 0 Å². The minimum atomic E-state index is -0.781. The summed E-state index contributed by atoms with van der Waals surface area (Å²) in [6.07, 6.45) is 0.179. The summed E-state index contributed by atoms with van der Waals surface area (Å²) in [6.45, 7) is 4.65. The molecule has 2 amide bonds. The molecule has 1 N–H and O–H groups in total. The molecule has 4 nitrogen and oxygen atoms in total. The van der Waals surface area contributed by atoms with Gasteiger partial charge >= 0.3 is 0 Å². The molecule has 0 radical (unpaired) electrons. The molecule has 0 aliphatic carbocycles. The molecule has 0 fully saturated rings. The van der Waals surface area contributed by atoms with E-state index in [9.17, 15) is 14.0 Å². The molecular weight excluding hydrogens is 451 g/mol.